The summed E-state index contributed by atoms with van der Waals surface area (Å²) in [6.45, 7) is -0.237. The molecule has 3 aromatic rings. The minimum Gasteiger partial charge on any atom is -0.395 e. The topological polar surface area (TPSA) is 119 Å². The summed E-state index contributed by atoms with van der Waals surface area (Å²) < 4.78 is 0.989. The Morgan fingerprint density at radius 2 is 1.96 bits per heavy atom. The number of H-pyrrole nitrogens is 2. The molecule has 2 aromatic heterocycles. The van der Waals surface area contributed by atoms with Gasteiger partial charge in [-0.3, -0.25) is 19.5 Å². The minimum absolute atomic E-state index is 0.0121. The van der Waals surface area contributed by atoms with Gasteiger partial charge in [0.25, 0.3) is 17.0 Å². The molecule has 8 nitrogen and oxygen atoms in total. The number of carbonyl (C=O) groups excluding carboxylic acids is 1. The Morgan fingerprint density at radius 1 is 1.22 bits per heavy atom. The molecule has 0 radical (unpaired) electrons. The molecule has 1 amide bonds. The monoisotopic (exact) mass is 314 g/mol. The van der Waals surface area contributed by atoms with Crippen molar-refractivity contribution >= 4 is 11.6 Å². The lowest BCUT2D eigenvalue weighted by atomic mass is 10.1. The molecular weight excluding hydrogens is 300 g/mol. The molecule has 0 saturated heterocycles. The average Bonchev–Trinajstić information content (AvgIpc) is 2.90. The summed E-state index contributed by atoms with van der Waals surface area (Å²) in [7, 11) is 0. The van der Waals surface area contributed by atoms with E-state index in [4.69, 9.17) is 5.11 Å². The number of aromatic amines is 2. The first-order valence-electron chi connectivity index (χ1n) is 6.94. The minimum atomic E-state index is -0.681. The zero-order chi connectivity index (χ0) is 16.4. The number of fused-ring (bicyclic) bond motifs is 1. The number of nitrogens with zero attached hydrogens (tertiary/aromatic N) is 1. The standard InChI is InChI=1S/C15H14N4O4/c20-7-6-16-14(22)12-13-17-10(9-4-2-1-3-5-9)8-11(21)19(13)18-15(12)23/h1-5,8,17,20H,6-7H2,(H,16,22)(H,18,23). The summed E-state index contributed by atoms with van der Waals surface area (Å²) in [6, 6.07) is 10.4. The van der Waals surface area contributed by atoms with Crippen LogP contribution in [0.25, 0.3) is 16.9 Å². The van der Waals surface area contributed by atoms with E-state index >= 15 is 0 Å². The van der Waals surface area contributed by atoms with E-state index in [2.05, 4.69) is 15.4 Å². The van der Waals surface area contributed by atoms with Crippen molar-refractivity contribution in [3.8, 4) is 11.3 Å². The van der Waals surface area contributed by atoms with Gasteiger partial charge in [-0.05, 0) is 5.56 Å². The summed E-state index contributed by atoms with van der Waals surface area (Å²) in [6.07, 6.45) is 0. The molecule has 2 heterocycles. The highest BCUT2D eigenvalue weighted by Crippen LogP contribution is 2.15. The lowest BCUT2D eigenvalue weighted by Crippen LogP contribution is -2.30. The molecule has 23 heavy (non-hydrogen) atoms. The molecular formula is C15H14N4O4. The lowest BCUT2D eigenvalue weighted by Gasteiger charge is -2.04. The van der Waals surface area contributed by atoms with Gasteiger partial charge in [-0.2, -0.15) is 4.52 Å². The third kappa shape index (κ3) is 2.67. The zero-order valence-electron chi connectivity index (χ0n) is 12.0. The van der Waals surface area contributed by atoms with Crippen LogP contribution in [-0.4, -0.2) is 38.8 Å². The second-order valence-electron chi connectivity index (χ2n) is 4.87. The van der Waals surface area contributed by atoms with Gasteiger partial charge in [0, 0.05) is 12.6 Å². The number of aliphatic hydroxyl groups excluding tert-OH is 1. The highest BCUT2D eigenvalue weighted by atomic mass is 16.3. The fourth-order valence-electron chi connectivity index (χ4n) is 2.31. The van der Waals surface area contributed by atoms with E-state index in [9.17, 15) is 14.4 Å². The van der Waals surface area contributed by atoms with Crippen molar-refractivity contribution in [3.63, 3.8) is 0 Å². The second-order valence-corrected chi connectivity index (χ2v) is 4.87. The Morgan fingerprint density at radius 3 is 2.65 bits per heavy atom. The number of hydrogen-bond donors (Lipinski definition) is 4. The van der Waals surface area contributed by atoms with Crippen molar-refractivity contribution in [2.24, 2.45) is 0 Å². The fourth-order valence-corrected chi connectivity index (χ4v) is 2.31. The van der Waals surface area contributed by atoms with Crippen LogP contribution in [0.4, 0.5) is 0 Å². The SMILES string of the molecule is O=C(NCCO)c1c(=O)[nH]n2c(=O)cc(-c3ccccc3)[nH]c12. The summed E-state index contributed by atoms with van der Waals surface area (Å²) in [4.78, 5) is 39.2. The first-order chi connectivity index (χ1) is 11.1. The van der Waals surface area contributed by atoms with Crippen molar-refractivity contribution in [3.05, 3.63) is 62.7 Å². The molecule has 0 unspecified atom stereocenters. The largest absolute Gasteiger partial charge is 0.395 e. The van der Waals surface area contributed by atoms with Gasteiger partial charge in [0.2, 0.25) is 0 Å². The Kier molecular flexibility index (Phi) is 3.82. The van der Waals surface area contributed by atoms with Crippen molar-refractivity contribution in [2.45, 2.75) is 0 Å². The summed E-state index contributed by atoms with van der Waals surface area (Å²) in [5.41, 5.74) is -0.0201. The summed E-state index contributed by atoms with van der Waals surface area (Å²) in [5, 5.41) is 13.5. The molecule has 0 bridgehead atoms. The van der Waals surface area contributed by atoms with Gasteiger partial charge in [-0.1, -0.05) is 30.3 Å². The number of benzene rings is 1. The van der Waals surface area contributed by atoms with Crippen LogP contribution < -0.4 is 16.4 Å². The molecule has 0 spiro atoms. The van der Waals surface area contributed by atoms with Crippen molar-refractivity contribution in [2.75, 3.05) is 13.2 Å². The molecule has 0 fully saturated rings. The summed E-state index contributed by atoms with van der Waals surface area (Å²) in [5.74, 6) is -0.663. The van der Waals surface area contributed by atoms with Crippen molar-refractivity contribution in [1.29, 1.82) is 0 Å². The van der Waals surface area contributed by atoms with E-state index in [0.717, 1.165) is 10.1 Å². The molecule has 8 heteroatoms. The number of rotatable bonds is 4. The number of amides is 1. The molecule has 0 atom stereocenters. The molecule has 3 rings (SSSR count). The quantitative estimate of drug-likeness (QED) is 0.529. The zero-order valence-corrected chi connectivity index (χ0v) is 12.0. The molecule has 0 aliphatic carbocycles. The molecule has 0 saturated carbocycles. The maximum absolute atomic E-state index is 12.2. The van der Waals surface area contributed by atoms with E-state index in [1.807, 2.05) is 18.2 Å². The molecule has 0 aliphatic rings. The van der Waals surface area contributed by atoms with Crippen LogP contribution in [0.3, 0.4) is 0 Å². The Hall–Kier alpha value is -3.13. The van der Waals surface area contributed by atoms with E-state index < -0.39 is 17.0 Å². The highest BCUT2D eigenvalue weighted by Gasteiger charge is 2.19. The molecule has 1 aromatic carbocycles. The van der Waals surface area contributed by atoms with Gasteiger partial charge in [-0.15, -0.1) is 0 Å². The van der Waals surface area contributed by atoms with Crippen LogP contribution in [0.15, 0.2) is 46.0 Å². The van der Waals surface area contributed by atoms with E-state index in [-0.39, 0.29) is 24.4 Å². The van der Waals surface area contributed by atoms with Gasteiger partial charge in [0.05, 0.1) is 12.3 Å². The normalized spacial score (nSPS) is 10.8. The van der Waals surface area contributed by atoms with Crippen LogP contribution in [-0.2, 0) is 0 Å². The second kappa shape index (κ2) is 5.93. The average molecular weight is 314 g/mol. The van der Waals surface area contributed by atoms with Gasteiger partial charge in [0.15, 0.2) is 5.65 Å². The van der Waals surface area contributed by atoms with E-state index in [1.165, 1.54) is 6.07 Å². The van der Waals surface area contributed by atoms with E-state index in [0.29, 0.717) is 5.69 Å². The number of hydrogen-bond acceptors (Lipinski definition) is 4. The first kappa shape index (κ1) is 14.8. The smallest absolute Gasteiger partial charge is 0.279 e. The Balaban J connectivity index is 2.20. The van der Waals surface area contributed by atoms with Crippen LogP contribution in [0.1, 0.15) is 10.4 Å². The van der Waals surface area contributed by atoms with Gasteiger partial charge >= 0.3 is 0 Å². The number of aromatic nitrogens is 3. The van der Waals surface area contributed by atoms with Crippen molar-refractivity contribution in [1.82, 2.24) is 19.9 Å². The summed E-state index contributed by atoms with van der Waals surface area (Å²) >= 11 is 0. The maximum Gasteiger partial charge on any atom is 0.279 e. The number of nitrogens with one attached hydrogen (secondary N) is 3. The van der Waals surface area contributed by atoms with Gasteiger partial charge in [0.1, 0.15) is 5.56 Å². The molecule has 118 valence electrons. The Labute approximate surface area is 129 Å². The highest BCUT2D eigenvalue weighted by molar-refractivity contribution is 5.99. The molecule has 0 aliphatic heterocycles. The molecule has 4 N–H and O–H groups in total. The van der Waals surface area contributed by atoms with Crippen LogP contribution in [0.2, 0.25) is 0 Å². The van der Waals surface area contributed by atoms with E-state index in [1.54, 1.807) is 12.1 Å². The predicted octanol–water partition coefficient (Wildman–Crippen LogP) is -0.295. The number of aliphatic hydroxyl groups is 1. The number of carbonyl (C=O) groups is 1. The van der Waals surface area contributed by atoms with Crippen molar-refractivity contribution < 1.29 is 9.90 Å². The van der Waals surface area contributed by atoms with Gasteiger partial charge < -0.3 is 15.4 Å². The third-order valence-corrected chi connectivity index (χ3v) is 3.35. The van der Waals surface area contributed by atoms with Gasteiger partial charge in [-0.25, -0.2) is 0 Å². The van der Waals surface area contributed by atoms with Crippen LogP contribution in [0.5, 0.6) is 0 Å². The predicted molar refractivity (Wildman–Crippen MR) is 83.5 cm³/mol. The van der Waals surface area contributed by atoms with Crippen LogP contribution >= 0.6 is 0 Å². The van der Waals surface area contributed by atoms with Crippen LogP contribution in [0, 0.1) is 0 Å². The maximum atomic E-state index is 12.2. The lowest BCUT2D eigenvalue weighted by molar-refractivity contribution is 0.0945. The third-order valence-electron chi connectivity index (χ3n) is 3.35. The Bertz CT molecular complexity index is 969. The first-order valence-corrected chi connectivity index (χ1v) is 6.94. The fraction of sp³-hybridized carbons (Fsp3) is 0.133.